The van der Waals surface area contributed by atoms with E-state index in [0.717, 1.165) is 0 Å². The molecule has 0 aliphatic rings. The molecule has 0 radical (unpaired) electrons. The minimum absolute atomic E-state index is 0.0504. The third-order valence-corrected chi connectivity index (χ3v) is 3.16. The van der Waals surface area contributed by atoms with Gasteiger partial charge in [-0.2, -0.15) is 5.10 Å². The summed E-state index contributed by atoms with van der Waals surface area (Å²) >= 11 is 0. The lowest BCUT2D eigenvalue weighted by atomic mass is 10.1. The van der Waals surface area contributed by atoms with E-state index in [1.807, 2.05) is 0 Å². The van der Waals surface area contributed by atoms with Gasteiger partial charge in [0.1, 0.15) is 23.3 Å². The first-order valence-electron chi connectivity index (χ1n) is 6.79. The third-order valence-electron chi connectivity index (χ3n) is 3.16. The fraction of sp³-hybridized carbons (Fsp3) is 0.267. The second-order valence-electron chi connectivity index (χ2n) is 4.64. The summed E-state index contributed by atoms with van der Waals surface area (Å²) in [4.78, 5) is 22.8. The van der Waals surface area contributed by atoms with Crippen LogP contribution in [0.4, 0.5) is 0 Å². The van der Waals surface area contributed by atoms with Crippen LogP contribution in [0.25, 0.3) is 0 Å². The molecule has 1 aromatic heterocycles. The van der Waals surface area contributed by atoms with Gasteiger partial charge >= 0.3 is 0 Å². The highest BCUT2D eigenvalue weighted by molar-refractivity contribution is 5.91. The van der Waals surface area contributed by atoms with Crippen molar-refractivity contribution in [2.24, 2.45) is 0 Å². The van der Waals surface area contributed by atoms with Gasteiger partial charge in [-0.15, -0.1) is 0 Å². The number of carbonyl (C=O) groups excluding carboxylic acids is 1. The lowest BCUT2D eigenvalue weighted by molar-refractivity contribution is 0.0908. The minimum atomic E-state index is -0.994. The first-order chi connectivity index (χ1) is 11.0. The van der Waals surface area contributed by atoms with Crippen molar-refractivity contribution < 1.29 is 19.4 Å². The van der Waals surface area contributed by atoms with Crippen molar-refractivity contribution in [3.05, 3.63) is 51.9 Å². The molecule has 3 N–H and O–H groups in total. The zero-order valence-corrected chi connectivity index (χ0v) is 12.7. The SMILES string of the molecule is COc1ccc(OC)c([C@H](O)CNC(=O)c2ccc(=O)[nH]n2)c1. The van der Waals surface area contributed by atoms with E-state index in [9.17, 15) is 14.7 Å². The predicted octanol–water partition coefficient (Wildman–Crippen LogP) is 0.250. The molecule has 0 saturated heterocycles. The number of hydrogen-bond acceptors (Lipinski definition) is 6. The van der Waals surface area contributed by atoms with Crippen LogP contribution in [0.1, 0.15) is 22.2 Å². The van der Waals surface area contributed by atoms with E-state index >= 15 is 0 Å². The molecule has 0 saturated carbocycles. The van der Waals surface area contributed by atoms with Crippen molar-refractivity contribution >= 4 is 5.91 Å². The number of benzene rings is 1. The lowest BCUT2D eigenvalue weighted by Crippen LogP contribution is -2.30. The average molecular weight is 319 g/mol. The fourth-order valence-electron chi connectivity index (χ4n) is 1.96. The van der Waals surface area contributed by atoms with E-state index in [-0.39, 0.29) is 12.2 Å². The summed E-state index contributed by atoms with van der Waals surface area (Å²) in [6, 6.07) is 7.50. The highest BCUT2D eigenvalue weighted by Crippen LogP contribution is 2.29. The monoisotopic (exact) mass is 319 g/mol. The van der Waals surface area contributed by atoms with Crippen LogP contribution >= 0.6 is 0 Å². The Morgan fingerprint density at radius 2 is 2.09 bits per heavy atom. The van der Waals surface area contributed by atoms with E-state index in [1.54, 1.807) is 18.2 Å². The van der Waals surface area contributed by atoms with Crippen LogP contribution in [0.15, 0.2) is 35.1 Å². The van der Waals surface area contributed by atoms with Crippen molar-refractivity contribution in [1.82, 2.24) is 15.5 Å². The number of nitrogens with one attached hydrogen (secondary N) is 2. The van der Waals surface area contributed by atoms with Crippen LogP contribution < -0.4 is 20.3 Å². The van der Waals surface area contributed by atoms with E-state index in [0.29, 0.717) is 17.1 Å². The molecule has 0 aliphatic heterocycles. The van der Waals surface area contributed by atoms with Gasteiger partial charge in [0.15, 0.2) is 0 Å². The number of rotatable bonds is 6. The molecule has 0 bridgehead atoms. The number of methoxy groups -OCH3 is 2. The van der Waals surface area contributed by atoms with Crippen LogP contribution in [0.5, 0.6) is 11.5 Å². The Bertz CT molecular complexity index is 724. The van der Waals surface area contributed by atoms with E-state index < -0.39 is 17.6 Å². The summed E-state index contributed by atoms with van der Waals surface area (Å²) in [5, 5.41) is 18.6. The summed E-state index contributed by atoms with van der Waals surface area (Å²) in [7, 11) is 3.00. The Labute approximate surface area is 132 Å². The smallest absolute Gasteiger partial charge is 0.271 e. The molecule has 8 nitrogen and oxygen atoms in total. The van der Waals surface area contributed by atoms with Gasteiger partial charge in [0.25, 0.3) is 11.5 Å². The summed E-state index contributed by atoms with van der Waals surface area (Å²) in [6.07, 6.45) is -0.994. The Hall–Kier alpha value is -2.87. The number of aliphatic hydroxyl groups excluding tert-OH is 1. The molecule has 8 heteroatoms. The van der Waals surface area contributed by atoms with Crippen molar-refractivity contribution in [3.8, 4) is 11.5 Å². The zero-order chi connectivity index (χ0) is 16.8. The Morgan fingerprint density at radius 1 is 1.30 bits per heavy atom. The Kier molecular flexibility index (Phi) is 5.32. The quantitative estimate of drug-likeness (QED) is 0.703. The molecule has 0 spiro atoms. The number of H-pyrrole nitrogens is 1. The molecule has 2 aromatic rings. The molecule has 23 heavy (non-hydrogen) atoms. The van der Waals surface area contributed by atoms with E-state index in [1.165, 1.54) is 26.4 Å². The number of aliphatic hydroxyl groups is 1. The maximum absolute atomic E-state index is 11.9. The van der Waals surface area contributed by atoms with Crippen molar-refractivity contribution in [1.29, 1.82) is 0 Å². The number of aromatic nitrogens is 2. The highest BCUT2D eigenvalue weighted by Gasteiger charge is 2.16. The first kappa shape index (κ1) is 16.5. The largest absolute Gasteiger partial charge is 0.497 e. The van der Waals surface area contributed by atoms with Crippen LogP contribution in [-0.2, 0) is 0 Å². The normalized spacial score (nSPS) is 11.6. The van der Waals surface area contributed by atoms with Gasteiger partial charge < -0.3 is 19.9 Å². The summed E-state index contributed by atoms with van der Waals surface area (Å²) < 4.78 is 10.3. The van der Waals surface area contributed by atoms with Gasteiger partial charge in [-0.1, -0.05) is 0 Å². The third kappa shape index (κ3) is 4.07. The second-order valence-corrected chi connectivity index (χ2v) is 4.64. The van der Waals surface area contributed by atoms with Crippen molar-refractivity contribution in [2.75, 3.05) is 20.8 Å². The number of hydrogen-bond donors (Lipinski definition) is 3. The fourth-order valence-corrected chi connectivity index (χ4v) is 1.96. The van der Waals surface area contributed by atoms with Gasteiger partial charge in [-0.3, -0.25) is 9.59 Å². The summed E-state index contributed by atoms with van der Waals surface area (Å²) in [5.41, 5.74) is 0.138. The van der Waals surface area contributed by atoms with Crippen LogP contribution in [0.2, 0.25) is 0 Å². The van der Waals surface area contributed by atoms with Gasteiger partial charge in [-0.05, 0) is 24.3 Å². The van der Waals surface area contributed by atoms with Gasteiger partial charge in [0, 0.05) is 18.2 Å². The number of carbonyl (C=O) groups is 1. The predicted molar refractivity (Wildman–Crippen MR) is 81.7 cm³/mol. The molecule has 0 unspecified atom stereocenters. The topological polar surface area (TPSA) is 114 Å². The highest BCUT2D eigenvalue weighted by atomic mass is 16.5. The molecule has 1 atom stereocenters. The first-order valence-corrected chi connectivity index (χ1v) is 6.79. The lowest BCUT2D eigenvalue weighted by Gasteiger charge is -2.16. The van der Waals surface area contributed by atoms with Crippen molar-refractivity contribution in [3.63, 3.8) is 0 Å². The maximum Gasteiger partial charge on any atom is 0.271 e. The minimum Gasteiger partial charge on any atom is -0.497 e. The molecule has 1 amide bonds. The van der Waals surface area contributed by atoms with E-state index in [2.05, 4.69) is 15.5 Å². The second kappa shape index (κ2) is 7.41. The van der Waals surface area contributed by atoms with Gasteiger partial charge in [0.2, 0.25) is 0 Å². The Morgan fingerprint density at radius 3 is 2.70 bits per heavy atom. The van der Waals surface area contributed by atoms with E-state index in [4.69, 9.17) is 9.47 Å². The molecule has 0 fully saturated rings. The van der Waals surface area contributed by atoms with Crippen LogP contribution in [-0.4, -0.2) is 42.0 Å². The standard InChI is InChI=1S/C15H17N3O5/c1-22-9-3-5-13(23-2)10(7-9)12(19)8-16-15(21)11-4-6-14(20)18-17-11/h3-7,12,19H,8H2,1-2H3,(H,16,21)(H,18,20)/t12-/m1/s1. The zero-order valence-electron chi connectivity index (χ0n) is 12.7. The number of aromatic amines is 1. The molecule has 0 aliphatic carbocycles. The maximum atomic E-state index is 11.9. The molecule has 122 valence electrons. The molecular formula is C15H17N3O5. The molecule has 2 rings (SSSR count). The van der Waals surface area contributed by atoms with Gasteiger partial charge in [0.05, 0.1) is 14.2 Å². The summed E-state index contributed by atoms with van der Waals surface area (Å²) in [6.45, 7) is -0.0524. The van der Waals surface area contributed by atoms with Crippen molar-refractivity contribution in [2.45, 2.75) is 6.10 Å². The number of amides is 1. The van der Waals surface area contributed by atoms with Crippen LogP contribution in [0.3, 0.4) is 0 Å². The molecular weight excluding hydrogens is 302 g/mol. The average Bonchev–Trinajstić information content (AvgIpc) is 2.59. The Balaban J connectivity index is 2.07. The molecule has 1 aromatic carbocycles. The van der Waals surface area contributed by atoms with Gasteiger partial charge in [-0.25, -0.2) is 5.10 Å². The van der Waals surface area contributed by atoms with Crippen LogP contribution in [0, 0.1) is 0 Å². The molecule has 1 heterocycles. The number of ether oxygens (including phenoxy) is 2. The number of nitrogens with zero attached hydrogens (tertiary/aromatic N) is 1. The summed E-state index contributed by atoms with van der Waals surface area (Å²) in [5.74, 6) is 0.533.